The van der Waals surface area contributed by atoms with Crippen molar-refractivity contribution >= 4 is 35.1 Å². The van der Waals surface area contributed by atoms with Crippen molar-refractivity contribution in [2.75, 3.05) is 4.90 Å². The maximum Gasteiger partial charge on any atom is 0.335 e. The number of benzene rings is 1. The van der Waals surface area contributed by atoms with Crippen LogP contribution >= 0.6 is 11.6 Å². The molecule has 0 spiro atoms. The van der Waals surface area contributed by atoms with Crippen LogP contribution in [0.15, 0.2) is 18.2 Å². The predicted molar refractivity (Wildman–Crippen MR) is 68.8 cm³/mol. The minimum absolute atomic E-state index is 0.0381. The molecule has 20 heavy (non-hydrogen) atoms. The number of carboxylic acid groups (broad SMARTS) is 1. The molecule has 2 saturated heterocycles. The summed E-state index contributed by atoms with van der Waals surface area (Å²) in [6, 6.07) is 3.90. The second-order valence-corrected chi connectivity index (χ2v) is 5.08. The Balaban J connectivity index is 2.07. The van der Waals surface area contributed by atoms with Gasteiger partial charge < -0.3 is 9.84 Å². The van der Waals surface area contributed by atoms with E-state index >= 15 is 0 Å². The Morgan fingerprint density at radius 3 is 2.40 bits per heavy atom. The molecule has 0 aliphatic carbocycles. The number of carbonyl (C=O) groups excluding carboxylic acids is 2. The Hall–Kier alpha value is -1.92. The van der Waals surface area contributed by atoms with E-state index in [0.29, 0.717) is 12.8 Å². The summed E-state index contributed by atoms with van der Waals surface area (Å²) in [5, 5.41) is 9.14. The van der Waals surface area contributed by atoms with Gasteiger partial charge in [0.2, 0.25) is 0 Å². The summed E-state index contributed by atoms with van der Waals surface area (Å²) in [5.74, 6) is -2.14. The number of fused-ring (bicyclic) bond motifs is 2. The number of rotatable bonds is 2. The molecular formula is C13H10ClNO5. The zero-order chi connectivity index (χ0) is 14.4. The second-order valence-electron chi connectivity index (χ2n) is 4.67. The molecule has 2 atom stereocenters. The number of ether oxygens (including phenoxy) is 1. The first-order valence-corrected chi connectivity index (χ1v) is 6.43. The fraction of sp³-hybridized carbons (Fsp3) is 0.308. The van der Waals surface area contributed by atoms with E-state index in [2.05, 4.69) is 0 Å². The van der Waals surface area contributed by atoms with Crippen LogP contribution in [0.4, 0.5) is 5.69 Å². The number of nitrogens with zero attached hydrogens (tertiary/aromatic N) is 1. The van der Waals surface area contributed by atoms with Gasteiger partial charge in [-0.05, 0) is 31.0 Å². The third kappa shape index (κ3) is 1.88. The normalized spacial score (nSPS) is 25.1. The first kappa shape index (κ1) is 13.1. The molecule has 0 saturated carbocycles. The number of imide groups is 1. The highest BCUT2D eigenvalue weighted by atomic mass is 35.5. The molecule has 1 aromatic carbocycles. The van der Waals surface area contributed by atoms with E-state index in [1.54, 1.807) is 0 Å². The van der Waals surface area contributed by atoms with E-state index < -0.39 is 30.0 Å². The van der Waals surface area contributed by atoms with E-state index in [-0.39, 0.29) is 16.3 Å². The van der Waals surface area contributed by atoms with E-state index in [1.807, 2.05) is 0 Å². The Bertz CT molecular complexity index is 607. The first-order valence-electron chi connectivity index (χ1n) is 6.05. The largest absolute Gasteiger partial charge is 0.478 e. The van der Waals surface area contributed by atoms with Crippen LogP contribution in [0.2, 0.25) is 5.02 Å². The van der Waals surface area contributed by atoms with Crippen LogP contribution < -0.4 is 4.90 Å². The van der Waals surface area contributed by atoms with Crippen LogP contribution in [-0.2, 0) is 14.3 Å². The summed E-state index contributed by atoms with van der Waals surface area (Å²) in [7, 11) is 0. The number of hydrogen-bond acceptors (Lipinski definition) is 4. The molecule has 7 heteroatoms. The van der Waals surface area contributed by atoms with Crippen LogP contribution in [0.3, 0.4) is 0 Å². The van der Waals surface area contributed by atoms with Gasteiger partial charge in [0.15, 0.2) is 0 Å². The Labute approximate surface area is 118 Å². The summed E-state index contributed by atoms with van der Waals surface area (Å²) >= 11 is 6.00. The van der Waals surface area contributed by atoms with Gasteiger partial charge in [0.1, 0.15) is 12.2 Å². The third-order valence-corrected chi connectivity index (χ3v) is 3.76. The van der Waals surface area contributed by atoms with Gasteiger partial charge in [-0.15, -0.1) is 0 Å². The average molecular weight is 296 g/mol. The minimum Gasteiger partial charge on any atom is -0.478 e. The standard InChI is InChI=1S/C13H10ClNO5/c14-7-2-1-6(13(18)19)5-8(7)15-11(16)9-3-4-10(20-9)12(15)17/h1-2,5,9-10H,3-4H2,(H,18,19). The van der Waals surface area contributed by atoms with Gasteiger partial charge in [-0.2, -0.15) is 0 Å². The molecular weight excluding hydrogens is 286 g/mol. The molecule has 6 nitrogen and oxygen atoms in total. The number of aromatic carboxylic acids is 1. The summed E-state index contributed by atoms with van der Waals surface area (Å²) in [6.45, 7) is 0. The van der Waals surface area contributed by atoms with Crippen LogP contribution in [0.5, 0.6) is 0 Å². The fourth-order valence-electron chi connectivity index (χ4n) is 2.45. The highest BCUT2D eigenvalue weighted by Gasteiger charge is 2.47. The van der Waals surface area contributed by atoms with Crippen LogP contribution in [0, 0.1) is 0 Å². The maximum absolute atomic E-state index is 12.2. The number of halogens is 1. The lowest BCUT2D eigenvalue weighted by atomic mass is 10.1. The van der Waals surface area contributed by atoms with Gasteiger partial charge in [0.25, 0.3) is 11.8 Å². The molecule has 2 aliphatic rings. The average Bonchev–Trinajstić information content (AvgIpc) is 2.85. The number of carbonyl (C=O) groups is 3. The minimum atomic E-state index is -1.15. The number of morpholine rings is 1. The van der Waals surface area contributed by atoms with E-state index in [1.165, 1.54) is 18.2 Å². The lowest BCUT2D eigenvalue weighted by Crippen LogP contribution is -2.52. The number of anilines is 1. The van der Waals surface area contributed by atoms with Crippen molar-refractivity contribution in [1.82, 2.24) is 0 Å². The van der Waals surface area contributed by atoms with Gasteiger partial charge in [-0.25, -0.2) is 9.69 Å². The Kier molecular flexibility index (Phi) is 2.99. The zero-order valence-electron chi connectivity index (χ0n) is 10.2. The van der Waals surface area contributed by atoms with Crippen molar-refractivity contribution in [3.8, 4) is 0 Å². The first-order chi connectivity index (χ1) is 9.49. The number of carboxylic acids is 1. The van der Waals surface area contributed by atoms with Gasteiger partial charge in [-0.1, -0.05) is 11.6 Å². The third-order valence-electron chi connectivity index (χ3n) is 3.45. The fourth-order valence-corrected chi connectivity index (χ4v) is 2.65. The Morgan fingerprint density at radius 1 is 1.25 bits per heavy atom. The predicted octanol–water partition coefficient (Wildman–Crippen LogP) is 1.46. The highest BCUT2D eigenvalue weighted by molar-refractivity contribution is 6.35. The van der Waals surface area contributed by atoms with Crippen molar-refractivity contribution in [2.45, 2.75) is 25.0 Å². The molecule has 0 aromatic heterocycles. The molecule has 2 bridgehead atoms. The summed E-state index contributed by atoms with van der Waals surface area (Å²) in [5.41, 5.74) is 0.0607. The van der Waals surface area contributed by atoms with E-state index in [0.717, 1.165) is 4.90 Å². The quantitative estimate of drug-likeness (QED) is 0.835. The second kappa shape index (κ2) is 4.57. The van der Waals surface area contributed by atoms with Crippen LogP contribution in [-0.4, -0.2) is 35.1 Å². The van der Waals surface area contributed by atoms with Crippen LogP contribution in [0.1, 0.15) is 23.2 Å². The summed E-state index contributed by atoms with van der Waals surface area (Å²) in [4.78, 5) is 36.3. The molecule has 2 fully saturated rings. The van der Waals surface area contributed by atoms with Crippen molar-refractivity contribution < 1.29 is 24.2 Å². The summed E-state index contributed by atoms with van der Waals surface area (Å²) < 4.78 is 5.29. The van der Waals surface area contributed by atoms with Crippen molar-refractivity contribution in [1.29, 1.82) is 0 Å². The number of amides is 2. The SMILES string of the molecule is O=C(O)c1ccc(Cl)c(N2C(=O)C3CCC(O3)C2=O)c1. The van der Waals surface area contributed by atoms with Crippen molar-refractivity contribution in [3.05, 3.63) is 28.8 Å². The molecule has 2 aliphatic heterocycles. The molecule has 104 valence electrons. The van der Waals surface area contributed by atoms with Gasteiger partial charge in [0, 0.05) is 0 Å². The van der Waals surface area contributed by atoms with E-state index in [9.17, 15) is 14.4 Å². The monoisotopic (exact) mass is 295 g/mol. The van der Waals surface area contributed by atoms with Gasteiger partial charge >= 0.3 is 5.97 Å². The summed E-state index contributed by atoms with van der Waals surface area (Å²) in [6.07, 6.45) is -0.325. The lowest BCUT2D eigenvalue weighted by molar-refractivity contribution is -0.146. The highest BCUT2D eigenvalue weighted by Crippen LogP contribution is 2.35. The molecule has 3 rings (SSSR count). The smallest absolute Gasteiger partial charge is 0.335 e. The molecule has 1 N–H and O–H groups in total. The van der Waals surface area contributed by atoms with Crippen LogP contribution in [0.25, 0.3) is 0 Å². The molecule has 0 radical (unpaired) electrons. The topological polar surface area (TPSA) is 83.9 Å². The van der Waals surface area contributed by atoms with Gasteiger partial charge in [0.05, 0.1) is 16.3 Å². The molecule has 2 unspecified atom stereocenters. The molecule has 1 aromatic rings. The van der Waals surface area contributed by atoms with E-state index in [4.69, 9.17) is 21.4 Å². The number of hydrogen-bond donors (Lipinski definition) is 1. The van der Waals surface area contributed by atoms with Gasteiger partial charge in [-0.3, -0.25) is 9.59 Å². The maximum atomic E-state index is 12.2. The lowest BCUT2D eigenvalue weighted by Gasteiger charge is -2.30. The van der Waals surface area contributed by atoms with Crippen molar-refractivity contribution in [2.24, 2.45) is 0 Å². The van der Waals surface area contributed by atoms with Crippen molar-refractivity contribution in [3.63, 3.8) is 0 Å². The molecule has 2 amide bonds. The zero-order valence-corrected chi connectivity index (χ0v) is 11.0. The Morgan fingerprint density at radius 2 is 1.85 bits per heavy atom. The molecule has 2 heterocycles.